The van der Waals surface area contributed by atoms with Crippen LogP contribution >= 0.6 is 0 Å². The molecule has 0 aliphatic carbocycles. The maximum absolute atomic E-state index is 12.0. The van der Waals surface area contributed by atoms with Gasteiger partial charge in [0.05, 0.1) is 0 Å². The lowest BCUT2D eigenvalue weighted by atomic mass is 10.2. The van der Waals surface area contributed by atoms with E-state index in [1.807, 2.05) is 42.5 Å². The van der Waals surface area contributed by atoms with E-state index < -0.39 is 5.97 Å². The third-order valence-corrected chi connectivity index (χ3v) is 4.26. The predicted octanol–water partition coefficient (Wildman–Crippen LogP) is 5.63. The van der Waals surface area contributed by atoms with Crippen LogP contribution in [0.25, 0.3) is 32.3 Å². The molecule has 0 radical (unpaired) electrons. The third-order valence-electron chi connectivity index (χ3n) is 4.26. The molecule has 0 spiro atoms. The fourth-order valence-electron chi connectivity index (χ4n) is 3.12. The van der Waals surface area contributed by atoms with Crippen LogP contribution in [0.1, 0.15) is 6.92 Å². The Bertz CT molecular complexity index is 1120. The van der Waals surface area contributed by atoms with Gasteiger partial charge >= 0.3 is 5.97 Å². The normalized spacial score (nSPS) is 11.0. The van der Waals surface area contributed by atoms with Crippen molar-refractivity contribution >= 4 is 38.3 Å². The smallest absolute Gasteiger partial charge is 0.338 e. The lowest BCUT2D eigenvalue weighted by molar-refractivity contribution is -0.129. The molecule has 116 valence electrons. The quantitative estimate of drug-likeness (QED) is 0.354. The molecule has 4 aromatic carbocycles. The molecule has 0 atom stereocenters. The van der Waals surface area contributed by atoms with Gasteiger partial charge in [-0.2, -0.15) is 0 Å². The second kappa shape index (κ2) is 5.50. The van der Waals surface area contributed by atoms with Crippen molar-refractivity contribution in [2.75, 3.05) is 0 Å². The minimum atomic E-state index is -0.398. The maximum Gasteiger partial charge on any atom is 0.338 e. The van der Waals surface area contributed by atoms with Gasteiger partial charge in [-0.3, -0.25) is 0 Å². The highest BCUT2D eigenvalue weighted by molar-refractivity contribution is 6.21. The molecule has 0 N–H and O–H groups in total. The SMILES string of the molecule is C=C(C)C(=O)Oc1ccc2cccc3c4cccccc4cc3c12. The van der Waals surface area contributed by atoms with Gasteiger partial charge in [-0.05, 0) is 46.0 Å². The number of hydrogen-bond acceptors (Lipinski definition) is 2. The Kier molecular flexibility index (Phi) is 3.31. The molecule has 2 nitrogen and oxygen atoms in total. The number of esters is 1. The molecule has 0 fully saturated rings. The van der Waals surface area contributed by atoms with Crippen LogP contribution in [0.2, 0.25) is 0 Å². The number of ether oxygens (including phenoxy) is 1. The Hall–Kier alpha value is -3.13. The van der Waals surface area contributed by atoms with Gasteiger partial charge in [-0.25, -0.2) is 4.79 Å². The van der Waals surface area contributed by atoms with E-state index in [1.165, 1.54) is 10.8 Å². The molecule has 0 saturated carbocycles. The van der Waals surface area contributed by atoms with Crippen molar-refractivity contribution in [2.45, 2.75) is 6.92 Å². The Labute approximate surface area is 140 Å². The van der Waals surface area contributed by atoms with Gasteiger partial charge in [-0.15, -0.1) is 0 Å². The fourth-order valence-corrected chi connectivity index (χ4v) is 3.12. The zero-order chi connectivity index (χ0) is 16.7. The Morgan fingerprint density at radius 2 is 1.58 bits per heavy atom. The first-order chi connectivity index (χ1) is 11.6. The van der Waals surface area contributed by atoms with E-state index in [-0.39, 0.29) is 0 Å². The van der Waals surface area contributed by atoms with Crippen LogP contribution < -0.4 is 4.74 Å². The molecule has 24 heavy (non-hydrogen) atoms. The lowest BCUT2D eigenvalue weighted by Gasteiger charge is -2.02. The highest BCUT2D eigenvalue weighted by Crippen LogP contribution is 2.38. The van der Waals surface area contributed by atoms with E-state index >= 15 is 0 Å². The number of rotatable bonds is 2. The molecule has 0 unspecified atom stereocenters. The molecular weight excluding hydrogens is 296 g/mol. The van der Waals surface area contributed by atoms with E-state index in [0.29, 0.717) is 11.3 Å². The molecule has 0 aliphatic heterocycles. The van der Waals surface area contributed by atoms with E-state index in [4.69, 9.17) is 4.74 Å². The standard InChI is InChI=1S/C22H16O2/c1-14(2)22(23)24-20-12-11-15-8-6-10-18-17-9-5-3-4-7-16(17)13-19(18)21(15)20/h3-13H,1H2,2H3. The molecule has 2 heteroatoms. The average Bonchev–Trinajstić information content (AvgIpc) is 2.93. The van der Waals surface area contributed by atoms with Crippen LogP contribution in [-0.4, -0.2) is 5.97 Å². The van der Waals surface area contributed by atoms with Crippen molar-refractivity contribution in [2.24, 2.45) is 0 Å². The largest absolute Gasteiger partial charge is 0.423 e. The average molecular weight is 312 g/mol. The molecule has 0 bridgehead atoms. The van der Waals surface area contributed by atoms with Gasteiger partial charge in [0, 0.05) is 11.0 Å². The summed E-state index contributed by atoms with van der Waals surface area (Å²) in [5.74, 6) is 0.184. The van der Waals surface area contributed by atoms with Gasteiger partial charge in [0.15, 0.2) is 0 Å². The zero-order valence-electron chi connectivity index (χ0n) is 13.4. The maximum atomic E-state index is 12.0. The highest BCUT2D eigenvalue weighted by Gasteiger charge is 2.13. The third kappa shape index (κ3) is 2.24. The minimum Gasteiger partial charge on any atom is -0.423 e. The molecular formula is C22H16O2. The van der Waals surface area contributed by atoms with Gasteiger partial charge in [-0.1, -0.05) is 61.2 Å². The second-order valence-corrected chi connectivity index (χ2v) is 5.97. The summed E-state index contributed by atoms with van der Waals surface area (Å²) in [4.78, 5) is 12.0. The van der Waals surface area contributed by atoms with Crippen molar-refractivity contribution in [3.8, 4) is 5.75 Å². The Morgan fingerprint density at radius 3 is 2.42 bits per heavy atom. The number of hydrogen-bond donors (Lipinski definition) is 0. The number of carbonyl (C=O) groups is 1. The number of fused-ring (bicyclic) bond motifs is 5. The van der Waals surface area contributed by atoms with E-state index in [2.05, 4.69) is 30.8 Å². The first kappa shape index (κ1) is 14.5. The van der Waals surface area contributed by atoms with Crippen LogP contribution in [0.15, 0.2) is 78.9 Å². The van der Waals surface area contributed by atoms with Crippen LogP contribution in [-0.2, 0) is 4.79 Å². The lowest BCUT2D eigenvalue weighted by Crippen LogP contribution is -2.07. The predicted molar refractivity (Wildman–Crippen MR) is 99.4 cm³/mol. The molecule has 0 aliphatic rings. The van der Waals surface area contributed by atoms with Crippen LogP contribution in [0.3, 0.4) is 0 Å². The Balaban J connectivity index is 2.09. The van der Waals surface area contributed by atoms with E-state index in [9.17, 15) is 4.79 Å². The van der Waals surface area contributed by atoms with Gasteiger partial charge < -0.3 is 4.74 Å². The van der Waals surface area contributed by atoms with Crippen LogP contribution in [0, 0.1) is 0 Å². The molecule has 0 aromatic heterocycles. The topological polar surface area (TPSA) is 26.3 Å². The fraction of sp³-hybridized carbons (Fsp3) is 0.0455. The molecule has 4 aromatic rings. The second-order valence-electron chi connectivity index (χ2n) is 5.97. The summed E-state index contributed by atoms with van der Waals surface area (Å²) < 4.78 is 5.55. The van der Waals surface area contributed by atoms with Crippen molar-refractivity contribution in [1.29, 1.82) is 0 Å². The number of carbonyl (C=O) groups excluding carboxylic acids is 1. The minimum absolute atomic E-state index is 0.389. The van der Waals surface area contributed by atoms with E-state index in [1.54, 1.807) is 6.92 Å². The summed E-state index contributed by atoms with van der Waals surface area (Å²) in [6.45, 7) is 5.31. The summed E-state index contributed by atoms with van der Waals surface area (Å²) in [6, 6.07) is 22.5. The van der Waals surface area contributed by atoms with Crippen molar-refractivity contribution in [3.05, 3.63) is 78.9 Å². The van der Waals surface area contributed by atoms with Gasteiger partial charge in [0.1, 0.15) is 5.75 Å². The summed E-state index contributed by atoms with van der Waals surface area (Å²) in [6.07, 6.45) is 0. The van der Waals surface area contributed by atoms with Crippen LogP contribution in [0.5, 0.6) is 5.75 Å². The van der Waals surface area contributed by atoms with Crippen molar-refractivity contribution in [1.82, 2.24) is 0 Å². The molecule has 0 heterocycles. The monoisotopic (exact) mass is 312 g/mol. The summed E-state index contributed by atoms with van der Waals surface area (Å²) >= 11 is 0. The first-order valence-electron chi connectivity index (χ1n) is 7.86. The highest BCUT2D eigenvalue weighted by atomic mass is 16.5. The zero-order valence-corrected chi connectivity index (χ0v) is 13.4. The van der Waals surface area contributed by atoms with Crippen molar-refractivity contribution < 1.29 is 9.53 Å². The van der Waals surface area contributed by atoms with Gasteiger partial charge in [0.25, 0.3) is 0 Å². The van der Waals surface area contributed by atoms with Crippen molar-refractivity contribution in [3.63, 3.8) is 0 Å². The summed E-state index contributed by atoms with van der Waals surface area (Å²) in [5, 5.41) is 6.60. The molecule has 4 rings (SSSR count). The Morgan fingerprint density at radius 1 is 0.833 bits per heavy atom. The molecule has 0 amide bonds. The first-order valence-corrected chi connectivity index (χ1v) is 7.86. The summed E-state index contributed by atoms with van der Waals surface area (Å²) in [5.41, 5.74) is 0.389. The molecule has 0 saturated heterocycles. The van der Waals surface area contributed by atoms with Gasteiger partial charge in [0.2, 0.25) is 0 Å². The van der Waals surface area contributed by atoms with E-state index in [0.717, 1.165) is 21.5 Å². The summed E-state index contributed by atoms with van der Waals surface area (Å²) in [7, 11) is 0. The van der Waals surface area contributed by atoms with Crippen LogP contribution in [0.4, 0.5) is 0 Å².